The van der Waals surface area contributed by atoms with E-state index in [9.17, 15) is 22.8 Å². The summed E-state index contributed by atoms with van der Waals surface area (Å²) in [7, 11) is 1.39. The van der Waals surface area contributed by atoms with Gasteiger partial charge in [-0.3, -0.25) is 9.59 Å². The molecule has 0 saturated carbocycles. The van der Waals surface area contributed by atoms with Gasteiger partial charge in [0.15, 0.2) is 0 Å². The maximum atomic E-state index is 14.0. The number of benzene rings is 3. The van der Waals surface area contributed by atoms with Gasteiger partial charge < -0.3 is 15.4 Å². The Morgan fingerprint density at radius 3 is 2.31 bits per heavy atom. The van der Waals surface area contributed by atoms with Crippen LogP contribution in [0, 0.1) is 5.82 Å². The molecule has 0 fully saturated rings. The molecule has 10 heteroatoms. The molecule has 0 unspecified atom stereocenters. The Bertz CT molecular complexity index is 1140. The van der Waals surface area contributed by atoms with E-state index in [1.165, 1.54) is 55.6 Å². The second-order valence-corrected chi connectivity index (χ2v) is 7.85. The van der Waals surface area contributed by atoms with Crippen molar-refractivity contribution in [1.82, 2.24) is 0 Å². The summed E-state index contributed by atoms with van der Waals surface area (Å²) >= 11 is 6.09. The molecule has 0 saturated heterocycles. The van der Waals surface area contributed by atoms with Crippen LogP contribution in [0.1, 0.15) is 20.7 Å². The lowest BCUT2D eigenvalue weighted by molar-refractivity contribution is 0.101. The first kappa shape index (κ1) is 23.5. The van der Waals surface area contributed by atoms with Gasteiger partial charge in [0.2, 0.25) is 0 Å². The lowest BCUT2D eigenvalue weighted by Crippen LogP contribution is -2.15. The number of alkyl halides is 2. The number of amides is 2. The van der Waals surface area contributed by atoms with Crippen LogP contribution in [0.15, 0.2) is 65.6 Å². The molecular formula is C22H16ClF3N2O3S. The Balaban J connectivity index is 1.76. The second kappa shape index (κ2) is 10.4. The molecule has 2 N–H and O–H groups in total. The van der Waals surface area contributed by atoms with Crippen LogP contribution < -0.4 is 15.4 Å². The van der Waals surface area contributed by atoms with Crippen molar-refractivity contribution in [1.29, 1.82) is 0 Å². The molecule has 5 nitrogen and oxygen atoms in total. The molecule has 0 spiro atoms. The van der Waals surface area contributed by atoms with Crippen molar-refractivity contribution in [2.75, 3.05) is 17.7 Å². The van der Waals surface area contributed by atoms with E-state index < -0.39 is 23.4 Å². The lowest BCUT2D eigenvalue weighted by atomic mass is 10.1. The molecule has 2 amide bonds. The molecule has 0 atom stereocenters. The fourth-order valence-electron chi connectivity index (χ4n) is 2.74. The average molecular weight is 481 g/mol. The van der Waals surface area contributed by atoms with E-state index in [1.807, 2.05) is 0 Å². The molecule has 0 aliphatic carbocycles. The second-order valence-electron chi connectivity index (χ2n) is 6.35. The van der Waals surface area contributed by atoms with E-state index in [4.69, 9.17) is 16.3 Å². The van der Waals surface area contributed by atoms with Gasteiger partial charge in [-0.15, -0.1) is 0 Å². The molecule has 166 valence electrons. The number of rotatable bonds is 7. The summed E-state index contributed by atoms with van der Waals surface area (Å²) in [6.07, 6.45) is 0. The number of carbonyl (C=O) groups is 2. The molecule has 0 bridgehead atoms. The standard InChI is InChI=1S/C22H16ClF3N2O3S/c1-31-19-9-5-14(27-20(29)12-2-6-15(7-3-12)32-22(25)26)11-18(19)28-21(30)16-8-4-13(23)10-17(16)24/h2-11,22H,1H3,(H,27,29)(H,28,30). The van der Waals surface area contributed by atoms with Gasteiger partial charge in [0.1, 0.15) is 11.6 Å². The van der Waals surface area contributed by atoms with Gasteiger partial charge in [-0.25, -0.2) is 4.39 Å². The molecule has 32 heavy (non-hydrogen) atoms. The van der Waals surface area contributed by atoms with Crippen LogP contribution in [-0.2, 0) is 0 Å². The molecule has 0 aromatic heterocycles. The number of hydrogen-bond acceptors (Lipinski definition) is 4. The molecule has 0 aliphatic rings. The predicted molar refractivity (Wildman–Crippen MR) is 119 cm³/mol. The van der Waals surface area contributed by atoms with E-state index >= 15 is 0 Å². The van der Waals surface area contributed by atoms with Crippen LogP contribution in [0.25, 0.3) is 0 Å². The summed E-state index contributed by atoms with van der Waals surface area (Å²) in [4.78, 5) is 25.3. The molecule has 3 aromatic rings. The van der Waals surface area contributed by atoms with Gasteiger partial charge in [0.05, 0.1) is 18.4 Å². The number of hydrogen-bond donors (Lipinski definition) is 2. The number of anilines is 2. The SMILES string of the molecule is COc1ccc(NC(=O)c2ccc(SC(F)F)cc2)cc1NC(=O)c1ccc(Cl)cc1F. The Morgan fingerprint density at radius 2 is 1.69 bits per heavy atom. The summed E-state index contributed by atoms with van der Waals surface area (Å²) in [5.41, 5.74) is 0.572. The lowest BCUT2D eigenvalue weighted by Gasteiger charge is -2.13. The zero-order chi connectivity index (χ0) is 23.3. The van der Waals surface area contributed by atoms with Crippen molar-refractivity contribution in [2.45, 2.75) is 10.7 Å². The zero-order valence-corrected chi connectivity index (χ0v) is 18.1. The fourth-order valence-corrected chi connectivity index (χ4v) is 3.40. The first-order valence-corrected chi connectivity index (χ1v) is 10.3. The summed E-state index contributed by atoms with van der Waals surface area (Å²) in [6, 6.07) is 13.9. The summed E-state index contributed by atoms with van der Waals surface area (Å²) < 4.78 is 44.1. The van der Waals surface area contributed by atoms with Gasteiger partial charge in [0.25, 0.3) is 17.6 Å². The number of methoxy groups -OCH3 is 1. The Hall–Kier alpha value is -3.17. The van der Waals surface area contributed by atoms with Crippen LogP contribution in [0.3, 0.4) is 0 Å². The third kappa shape index (κ3) is 5.95. The third-order valence-corrected chi connectivity index (χ3v) is 5.18. The molecule has 0 radical (unpaired) electrons. The predicted octanol–water partition coefficient (Wildman–Crippen LogP) is 6.31. The average Bonchev–Trinajstić information content (AvgIpc) is 2.74. The van der Waals surface area contributed by atoms with Crippen LogP contribution in [0.2, 0.25) is 5.02 Å². The third-order valence-electron chi connectivity index (χ3n) is 4.22. The molecule has 0 aliphatic heterocycles. The number of halogens is 4. The van der Waals surface area contributed by atoms with Gasteiger partial charge >= 0.3 is 0 Å². The van der Waals surface area contributed by atoms with E-state index in [0.29, 0.717) is 28.1 Å². The van der Waals surface area contributed by atoms with Gasteiger partial charge in [-0.2, -0.15) is 8.78 Å². The minimum absolute atomic E-state index is 0.155. The highest BCUT2D eigenvalue weighted by molar-refractivity contribution is 7.99. The molecule has 0 heterocycles. The van der Waals surface area contributed by atoms with Gasteiger partial charge in [-0.1, -0.05) is 23.4 Å². The topological polar surface area (TPSA) is 67.4 Å². The van der Waals surface area contributed by atoms with Gasteiger partial charge in [0, 0.05) is 21.2 Å². The summed E-state index contributed by atoms with van der Waals surface area (Å²) in [5, 5.41) is 5.35. The molecule has 3 aromatic carbocycles. The maximum Gasteiger partial charge on any atom is 0.288 e. The van der Waals surface area contributed by atoms with Gasteiger partial charge in [-0.05, 0) is 60.7 Å². The minimum Gasteiger partial charge on any atom is -0.495 e. The largest absolute Gasteiger partial charge is 0.495 e. The summed E-state index contributed by atoms with van der Waals surface area (Å²) in [6.45, 7) is 0. The molecule has 3 rings (SSSR count). The molecular weight excluding hydrogens is 465 g/mol. The first-order chi connectivity index (χ1) is 15.3. The van der Waals surface area contributed by atoms with Crippen molar-refractivity contribution in [3.63, 3.8) is 0 Å². The van der Waals surface area contributed by atoms with Crippen molar-refractivity contribution >= 4 is 46.6 Å². The fraction of sp³-hybridized carbons (Fsp3) is 0.0909. The number of thioether (sulfide) groups is 1. The quantitative estimate of drug-likeness (QED) is 0.389. The smallest absolute Gasteiger partial charge is 0.288 e. The van der Waals surface area contributed by atoms with Crippen LogP contribution in [0.5, 0.6) is 5.75 Å². The van der Waals surface area contributed by atoms with E-state index in [2.05, 4.69) is 10.6 Å². The van der Waals surface area contributed by atoms with Crippen molar-refractivity contribution < 1.29 is 27.5 Å². The zero-order valence-electron chi connectivity index (χ0n) is 16.5. The Kier molecular flexibility index (Phi) is 7.66. The maximum absolute atomic E-state index is 14.0. The van der Waals surface area contributed by atoms with Crippen LogP contribution in [0.4, 0.5) is 24.5 Å². The van der Waals surface area contributed by atoms with Crippen molar-refractivity contribution in [3.8, 4) is 5.75 Å². The Labute approximate surface area is 190 Å². The summed E-state index contributed by atoms with van der Waals surface area (Å²) in [5.74, 6) is -4.26. The monoisotopic (exact) mass is 480 g/mol. The highest BCUT2D eigenvalue weighted by atomic mass is 35.5. The van der Waals surface area contributed by atoms with E-state index in [-0.39, 0.29) is 21.8 Å². The van der Waals surface area contributed by atoms with E-state index in [1.54, 1.807) is 6.07 Å². The number of ether oxygens (including phenoxy) is 1. The highest BCUT2D eigenvalue weighted by Crippen LogP contribution is 2.29. The minimum atomic E-state index is -2.55. The van der Waals surface area contributed by atoms with Crippen LogP contribution in [-0.4, -0.2) is 24.7 Å². The van der Waals surface area contributed by atoms with E-state index in [0.717, 1.165) is 6.07 Å². The van der Waals surface area contributed by atoms with Crippen molar-refractivity contribution in [3.05, 3.63) is 82.6 Å². The van der Waals surface area contributed by atoms with Crippen LogP contribution >= 0.6 is 23.4 Å². The highest BCUT2D eigenvalue weighted by Gasteiger charge is 2.16. The van der Waals surface area contributed by atoms with Crippen molar-refractivity contribution in [2.24, 2.45) is 0 Å². The Morgan fingerprint density at radius 1 is 0.969 bits per heavy atom. The number of nitrogens with one attached hydrogen (secondary N) is 2. The number of carbonyl (C=O) groups excluding carboxylic acids is 2. The normalized spacial score (nSPS) is 10.7. The first-order valence-electron chi connectivity index (χ1n) is 9.07.